The summed E-state index contributed by atoms with van der Waals surface area (Å²) in [6.45, 7) is 12.9. The minimum atomic E-state index is 0.586. The SMILES string of the molecule is C=C1C[CH]C(=C2[CH][CH]C(=C3[CH]CC(=C)CC3C)[CH][CH]2)C(C)C1. The minimum absolute atomic E-state index is 0.586. The van der Waals surface area contributed by atoms with Crippen LogP contribution < -0.4 is 0 Å². The lowest BCUT2D eigenvalue weighted by Gasteiger charge is -2.31. The number of allylic oxidation sites excluding steroid dienone is 6. The molecule has 0 nitrogen and oxygen atoms in total. The van der Waals surface area contributed by atoms with E-state index in [4.69, 9.17) is 0 Å². The van der Waals surface area contributed by atoms with Gasteiger partial charge in [-0.15, -0.1) is 0 Å². The van der Waals surface area contributed by atoms with E-state index in [0.29, 0.717) is 11.8 Å². The van der Waals surface area contributed by atoms with Crippen molar-refractivity contribution >= 4 is 0 Å². The first-order chi connectivity index (χ1) is 10.5. The third-order valence-electron chi connectivity index (χ3n) is 5.02. The standard InChI is InChI=1S/C22H26/c1-15-5-11-21(17(3)13-15)19-7-9-20(10-8-19)22-12-6-16(2)14-18(22)4/h7-12,17-18H,1-2,5-6,13-14H2,3-4H3. The Morgan fingerprint density at radius 1 is 0.727 bits per heavy atom. The predicted molar refractivity (Wildman–Crippen MR) is 94.9 cm³/mol. The maximum Gasteiger partial charge on any atom is -0.00534 e. The van der Waals surface area contributed by atoms with Crippen LogP contribution in [-0.4, -0.2) is 0 Å². The smallest absolute Gasteiger partial charge is 0.00534 e. The monoisotopic (exact) mass is 290 g/mol. The first-order valence-corrected chi connectivity index (χ1v) is 8.39. The molecule has 0 bridgehead atoms. The Morgan fingerprint density at radius 3 is 1.41 bits per heavy atom. The quantitative estimate of drug-likeness (QED) is 0.495. The van der Waals surface area contributed by atoms with Crippen LogP contribution in [0.2, 0.25) is 0 Å². The Labute approximate surface area is 137 Å². The van der Waals surface area contributed by atoms with E-state index in [9.17, 15) is 0 Å². The first kappa shape index (κ1) is 15.8. The van der Waals surface area contributed by atoms with Crippen LogP contribution >= 0.6 is 0 Å². The summed E-state index contributed by atoms with van der Waals surface area (Å²) in [6.07, 6.45) is 18.2. The average molecular weight is 290 g/mol. The van der Waals surface area contributed by atoms with Crippen molar-refractivity contribution in [2.45, 2.75) is 39.5 Å². The summed E-state index contributed by atoms with van der Waals surface area (Å²) in [7, 11) is 0. The molecule has 2 unspecified atom stereocenters. The van der Waals surface area contributed by atoms with Gasteiger partial charge in [-0.1, -0.05) is 60.4 Å². The van der Waals surface area contributed by atoms with Crippen molar-refractivity contribution in [1.29, 1.82) is 0 Å². The largest absolute Gasteiger partial charge is 0.0998 e. The van der Waals surface area contributed by atoms with E-state index < -0.39 is 0 Å². The van der Waals surface area contributed by atoms with E-state index in [1.54, 1.807) is 0 Å². The molecule has 6 radical (unpaired) electrons. The van der Waals surface area contributed by atoms with Crippen molar-refractivity contribution in [2.24, 2.45) is 11.8 Å². The lowest BCUT2D eigenvalue weighted by Crippen LogP contribution is -2.17. The molecule has 2 atom stereocenters. The molecule has 3 saturated carbocycles. The van der Waals surface area contributed by atoms with Crippen LogP contribution in [0.3, 0.4) is 0 Å². The van der Waals surface area contributed by atoms with E-state index in [1.165, 1.54) is 33.4 Å². The average Bonchev–Trinajstić information content (AvgIpc) is 2.48. The van der Waals surface area contributed by atoms with E-state index in [1.807, 2.05) is 0 Å². The lowest BCUT2D eigenvalue weighted by molar-refractivity contribution is 0.619. The van der Waals surface area contributed by atoms with Crippen LogP contribution in [0.4, 0.5) is 0 Å². The maximum absolute atomic E-state index is 4.12. The van der Waals surface area contributed by atoms with Gasteiger partial charge < -0.3 is 0 Å². The van der Waals surface area contributed by atoms with Crippen molar-refractivity contribution in [2.75, 3.05) is 0 Å². The number of rotatable bonds is 0. The van der Waals surface area contributed by atoms with E-state index in [-0.39, 0.29) is 0 Å². The summed E-state index contributed by atoms with van der Waals surface area (Å²) in [4.78, 5) is 0. The molecule has 3 fully saturated rings. The molecule has 0 aliphatic heterocycles. The van der Waals surface area contributed by atoms with Gasteiger partial charge in [-0.2, -0.15) is 0 Å². The first-order valence-electron chi connectivity index (χ1n) is 8.39. The van der Waals surface area contributed by atoms with E-state index >= 15 is 0 Å². The molecule has 0 spiro atoms. The van der Waals surface area contributed by atoms with Crippen LogP contribution in [0.15, 0.2) is 46.6 Å². The van der Waals surface area contributed by atoms with Gasteiger partial charge in [-0.05, 0) is 76.0 Å². The van der Waals surface area contributed by atoms with Crippen molar-refractivity contribution in [3.63, 3.8) is 0 Å². The molecule has 22 heavy (non-hydrogen) atoms. The zero-order valence-electron chi connectivity index (χ0n) is 13.9. The highest BCUT2D eigenvalue weighted by Crippen LogP contribution is 2.41. The molecule has 0 saturated heterocycles. The molecule has 3 rings (SSSR count). The molecule has 0 amide bonds. The highest BCUT2D eigenvalue weighted by molar-refractivity contribution is 5.55. The summed E-state index contributed by atoms with van der Waals surface area (Å²) in [6, 6.07) is 0. The summed E-state index contributed by atoms with van der Waals surface area (Å²) < 4.78 is 0. The van der Waals surface area contributed by atoms with Gasteiger partial charge in [-0.3, -0.25) is 0 Å². The fourth-order valence-electron chi connectivity index (χ4n) is 3.82. The van der Waals surface area contributed by atoms with Gasteiger partial charge in [-0.25, -0.2) is 0 Å². The predicted octanol–water partition coefficient (Wildman–Crippen LogP) is 5.79. The van der Waals surface area contributed by atoms with Gasteiger partial charge >= 0.3 is 0 Å². The van der Waals surface area contributed by atoms with Crippen LogP contribution in [0.25, 0.3) is 0 Å². The van der Waals surface area contributed by atoms with Crippen LogP contribution in [0.1, 0.15) is 39.5 Å². The Kier molecular flexibility index (Phi) is 4.76. The second-order valence-corrected chi connectivity index (χ2v) is 7.01. The van der Waals surface area contributed by atoms with Crippen molar-refractivity contribution in [3.8, 4) is 0 Å². The van der Waals surface area contributed by atoms with Crippen LogP contribution in [-0.2, 0) is 0 Å². The van der Waals surface area contributed by atoms with Crippen molar-refractivity contribution in [3.05, 3.63) is 85.1 Å². The Hall–Kier alpha value is -1.04. The number of hydrogen-bond acceptors (Lipinski definition) is 0. The second kappa shape index (κ2) is 6.60. The van der Waals surface area contributed by atoms with Crippen molar-refractivity contribution < 1.29 is 0 Å². The fraction of sp³-hybridized carbons (Fsp3) is 0.364. The fourth-order valence-corrected chi connectivity index (χ4v) is 3.82. The molecule has 0 aromatic rings. The number of hydrogen-bond donors (Lipinski definition) is 0. The van der Waals surface area contributed by atoms with Gasteiger partial charge in [0.1, 0.15) is 0 Å². The van der Waals surface area contributed by atoms with Gasteiger partial charge in [0.05, 0.1) is 0 Å². The Bertz CT molecular complexity index is 478. The molecule has 0 aromatic carbocycles. The summed E-state index contributed by atoms with van der Waals surface area (Å²) in [5.74, 6) is 1.17. The topological polar surface area (TPSA) is 0 Å². The normalized spacial score (nSPS) is 31.0. The molecule has 114 valence electrons. The van der Waals surface area contributed by atoms with Crippen LogP contribution in [0, 0.1) is 50.4 Å². The Balaban J connectivity index is 1.70. The second-order valence-electron chi connectivity index (χ2n) is 7.01. The van der Waals surface area contributed by atoms with E-state index in [2.05, 4.69) is 65.5 Å². The summed E-state index contributed by atoms with van der Waals surface area (Å²) in [5, 5.41) is 0. The van der Waals surface area contributed by atoms with Gasteiger partial charge in [0.25, 0.3) is 0 Å². The summed E-state index contributed by atoms with van der Waals surface area (Å²) in [5.41, 5.74) is 8.43. The Morgan fingerprint density at radius 2 is 1.09 bits per heavy atom. The lowest BCUT2D eigenvalue weighted by atomic mass is 9.73. The van der Waals surface area contributed by atoms with Gasteiger partial charge in [0.2, 0.25) is 0 Å². The molecule has 3 aliphatic carbocycles. The van der Waals surface area contributed by atoms with Crippen molar-refractivity contribution in [1.82, 2.24) is 0 Å². The highest BCUT2D eigenvalue weighted by atomic mass is 14.3. The summed E-state index contributed by atoms with van der Waals surface area (Å²) >= 11 is 0. The van der Waals surface area contributed by atoms with Gasteiger partial charge in [0, 0.05) is 0 Å². The minimum Gasteiger partial charge on any atom is -0.0998 e. The third-order valence-corrected chi connectivity index (χ3v) is 5.02. The molecular formula is C22H26. The third kappa shape index (κ3) is 3.31. The molecule has 0 heterocycles. The molecule has 0 N–H and O–H groups in total. The van der Waals surface area contributed by atoms with Crippen LogP contribution in [0.5, 0.6) is 0 Å². The zero-order valence-corrected chi connectivity index (χ0v) is 13.9. The molecule has 0 aromatic heterocycles. The zero-order chi connectivity index (χ0) is 15.7. The maximum atomic E-state index is 4.12. The van der Waals surface area contributed by atoms with Gasteiger partial charge in [0.15, 0.2) is 0 Å². The molecular weight excluding hydrogens is 264 g/mol. The molecule has 3 aliphatic rings. The van der Waals surface area contributed by atoms with E-state index in [0.717, 1.165) is 25.7 Å². The molecule has 0 heteroatoms. The highest BCUT2D eigenvalue weighted by Gasteiger charge is 2.26.